The summed E-state index contributed by atoms with van der Waals surface area (Å²) in [6.07, 6.45) is 0. The number of carbonyl (C=O) groups excluding carboxylic acids is 1. The molecule has 102 valence electrons. The third-order valence-corrected chi connectivity index (χ3v) is 4.46. The van der Waals surface area contributed by atoms with Gasteiger partial charge in [-0.15, -0.1) is 11.6 Å². The van der Waals surface area contributed by atoms with E-state index in [-0.39, 0.29) is 11.8 Å². The predicted octanol–water partition coefficient (Wildman–Crippen LogP) is 4.06. The van der Waals surface area contributed by atoms with E-state index >= 15 is 0 Å². The molecule has 3 rings (SSSR count). The maximum Gasteiger partial charge on any atom is 0.246 e. The molecule has 5 heteroatoms. The standard InChI is InChI=1S/C15H12ClNO2S/c1-19-10-6-7-14-12(8-10)17(15(18)9-16)11-4-2-3-5-13(11)20-14/h2-8H,9H2,1H3. The number of hydrogen-bond donors (Lipinski definition) is 0. The van der Waals surface area contributed by atoms with Crippen molar-refractivity contribution in [3.8, 4) is 5.75 Å². The topological polar surface area (TPSA) is 29.5 Å². The average molecular weight is 306 g/mol. The summed E-state index contributed by atoms with van der Waals surface area (Å²) in [6, 6.07) is 13.5. The molecule has 1 aliphatic rings. The zero-order valence-corrected chi connectivity index (χ0v) is 12.4. The lowest BCUT2D eigenvalue weighted by Crippen LogP contribution is -2.29. The minimum absolute atomic E-state index is 0.0599. The number of hydrogen-bond acceptors (Lipinski definition) is 3. The summed E-state index contributed by atoms with van der Waals surface area (Å²) in [4.78, 5) is 16.0. The van der Waals surface area contributed by atoms with Crippen LogP contribution in [0.25, 0.3) is 0 Å². The van der Waals surface area contributed by atoms with Crippen molar-refractivity contribution in [2.45, 2.75) is 9.79 Å². The second-order valence-electron chi connectivity index (χ2n) is 4.27. The molecule has 1 aliphatic heterocycles. The molecule has 2 aromatic carbocycles. The van der Waals surface area contributed by atoms with Crippen LogP contribution in [-0.2, 0) is 4.79 Å². The van der Waals surface area contributed by atoms with Crippen molar-refractivity contribution < 1.29 is 9.53 Å². The highest BCUT2D eigenvalue weighted by molar-refractivity contribution is 7.99. The molecule has 2 aromatic rings. The van der Waals surface area contributed by atoms with Crippen molar-refractivity contribution in [2.24, 2.45) is 0 Å². The summed E-state index contributed by atoms with van der Waals surface area (Å²) >= 11 is 7.40. The Bertz CT molecular complexity index is 675. The van der Waals surface area contributed by atoms with Crippen LogP contribution in [0.2, 0.25) is 0 Å². The Balaban J connectivity index is 2.19. The second-order valence-corrected chi connectivity index (χ2v) is 5.62. The molecule has 0 spiro atoms. The van der Waals surface area contributed by atoms with Crippen molar-refractivity contribution in [1.82, 2.24) is 0 Å². The fourth-order valence-corrected chi connectivity index (χ4v) is 3.35. The first-order chi connectivity index (χ1) is 9.74. The van der Waals surface area contributed by atoms with Gasteiger partial charge in [-0.1, -0.05) is 23.9 Å². The Morgan fingerprint density at radius 1 is 1.20 bits per heavy atom. The van der Waals surface area contributed by atoms with E-state index in [4.69, 9.17) is 16.3 Å². The van der Waals surface area contributed by atoms with Gasteiger partial charge in [0.15, 0.2) is 0 Å². The molecule has 0 saturated carbocycles. The number of para-hydroxylation sites is 1. The van der Waals surface area contributed by atoms with E-state index < -0.39 is 0 Å². The maximum atomic E-state index is 12.2. The van der Waals surface area contributed by atoms with Gasteiger partial charge in [0.05, 0.1) is 18.5 Å². The number of halogens is 1. The van der Waals surface area contributed by atoms with Crippen molar-refractivity contribution in [1.29, 1.82) is 0 Å². The maximum absolute atomic E-state index is 12.2. The molecular weight excluding hydrogens is 294 g/mol. The molecule has 1 amide bonds. The smallest absolute Gasteiger partial charge is 0.246 e. The summed E-state index contributed by atoms with van der Waals surface area (Å²) < 4.78 is 5.25. The van der Waals surface area contributed by atoms with E-state index in [1.54, 1.807) is 23.8 Å². The van der Waals surface area contributed by atoms with Crippen LogP contribution in [0.1, 0.15) is 0 Å². The zero-order valence-electron chi connectivity index (χ0n) is 10.8. The van der Waals surface area contributed by atoms with Gasteiger partial charge in [0.25, 0.3) is 0 Å². The average Bonchev–Trinajstić information content (AvgIpc) is 2.51. The number of anilines is 2. The van der Waals surface area contributed by atoms with Crippen LogP contribution in [0.4, 0.5) is 11.4 Å². The molecule has 0 aromatic heterocycles. The lowest BCUT2D eigenvalue weighted by molar-refractivity contribution is -0.115. The van der Waals surface area contributed by atoms with E-state index in [0.717, 1.165) is 26.9 Å². The van der Waals surface area contributed by atoms with Gasteiger partial charge in [0.1, 0.15) is 11.6 Å². The van der Waals surface area contributed by atoms with Crippen LogP contribution < -0.4 is 9.64 Å². The van der Waals surface area contributed by atoms with Crippen molar-refractivity contribution in [3.05, 3.63) is 42.5 Å². The molecule has 0 radical (unpaired) electrons. The highest BCUT2D eigenvalue weighted by Gasteiger charge is 2.27. The molecule has 0 bridgehead atoms. The van der Waals surface area contributed by atoms with Gasteiger partial charge >= 0.3 is 0 Å². The molecule has 20 heavy (non-hydrogen) atoms. The monoisotopic (exact) mass is 305 g/mol. The van der Waals surface area contributed by atoms with Crippen molar-refractivity contribution in [2.75, 3.05) is 17.9 Å². The first-order valence-corrected chi connectivity index (χ1v) is 7.43. The summed E-state index contributed by atoms with van der Waals surface area (Å²) in [5.41, 5.74) is 1.68. The van der Waals surface area contributed by atoms with Gasteiger partial charge in [-0.05, 0) is 24.3 Å². The summed E-state index contributed by atoms with van der Waals surface area (Å²) in [6.45, 7) is 0. The molecular formula is C15H12ClNO2S. The third-order valence-electron chi connectivity index (χ3n) is 3.10. The molecule has 0 unspecified atom stereocenters. The molecule has 0 fully saturated rings. The first-order valence-electron chi connectivity index (χ1n) is 6.08. The van der Waals surface area contributed by atoms with Crippen LogP contribution in [0.3, 0.4) is 0 Å². The Morgan fingerprint density at radius 2 is 1.95 bits per heavy atom. The molecule has 3 nitrogen and oxygen atoms in total. The normalized spacial score (nSPS) is 12.6. The lowest BCUT2D eigenvalue weighted by atomic mass is 10.2. The van der Waals surface area contributed by atoms with E-state index in [0.29, 0.717) is 0 Å². The highest BCUT2D eigenvalue weighted by Crippen LogP contribution is 2.49. The quantitative estimate of drug-likeness (QED) is 0.784. The van der Waals surface area contributed by atoms with Crippen LogP contribution in [0.15, 0.2) is 52.3 Å². The predicted molar refractivity (Wildman–Crippen MR) is 81.4 cm³/mol. The number of nitrogens with zero attached hydrogens (tertiary/aromatic N) is 1. The van der Waals surface area contributed by atoms with Crippen LogP contribution >= 0.6 is 23.4 Å². The summed E-state index contributed by atoms with van der Waals surface area (Å²) in [5.74, 6) is 0.514. The Morgan fingerprint density at radius 3 is 2.70 bits per heavy atom. The fourth-order valence-electron chi connectivity index (χ4n) is 2.19. The Kier molecular flexibility index (Phi) is 3.59. The highest BCUT2D eigenvalue weighted by atomic mass is 35.5. The first kappa shape index (κ1) is 13.3. The number of carbonyl (C=O) groups is 1. The number of amides is 1. The van der Waals surface area contributed by atoms with Gasteiger partial charge in [0, 0.05) is 15.9 Å². The number of benzene rings is 2. The van der Waals surface area contributed by atoms with E-state index in [1.807, 2.05) is 42.5 Å². The van der Waals surface area contributed by atoms with Crippen molar-refractivity contribution in [3.63, 3.8) is 0 Å². The van der Waals surface area contributed by atoms with Crippen LogP contribution in [-0.4, -0.2) is 18.9 Å². The molecule has 0 saturated heterocycles. The summed E-state index contributed by atoms with van der Waals surface area (Å²) in [7, 11) is 1.61. The van der Waals surface area contributed by atoms with Crippen LogP contribution in [0.5, 0.6) is 5.75 Å². The second kappa shape index (κ2) is 5.38. The minimum atomic E-state index is -0.145. The number of alkyl halides is 1. The fraction of sp³-hybridized carbons (Fsp3) is 0.133. The number of methoxy groups -OCH3 is 1. The minimum Gasteiger partial charge on any atom is -0.497 e. The van der Waals surface area contributed by atoms with Gasteiger partial charge in [-0.3, -0.25) is 9.69 Å². The molecule has 1 heterocycles. The largest absolute Gasteiger partial charge is 0.497 e. The zero-order chi connectivity index (χ0) is 14.1. The molecule has 0 N–H and O–H groups in total. The van der Waals surface area contributed by atoms with E-state index in [1.165, 1.54) is 0 Å². The summed E-state index contributed by atoms with van der Waals surface area (Å²) in [5, 5.41) is 0. The van der Waals surface area contributed by atoms with Gasteiger partial charge in [-0.2, -0.15) is 0 Å². The Hall–Kier alpha value is -1.65. The number of fused-ring (bicyclic) bond motifs is 2. The lowest BCUT2D eigenvalue weighted by Gasteiger charge is -2.30. The number of ether oxygens (including phenoxy) is 1. The number of rotatable bonds is 2. The SMILES string of the molecule is COc1ccc2c(c1)N(C(=O)CCl)c1ccccc1S2. The van der Waals surface area contributed by atoms with Gasteiger partial charge in [0.2, 0.25) is 5.91 Å². The Labute approximate surface area is 126 Å². The van der Waals surface area contributed by atoms with Gasteiger partial charge < -0.3 is 4.74 Å². The van der Waals surface area contributed by atoms with Gasteiger partial charge in [-0.25, -0.2) is 0 Å². The van der Waals surface area contributed by atoms with E-state index in [9.17, 15) is 4.79 Å². The molecule has 0 atom stereocenters. The van der Waals surface area contributed by atoms with E-state index in [2.05, 4.69) is 0 Å². The van der Waals surface area contributed by atoms with Crippen molar-refractivity contribution >= 4 is 40.6 Å². The third kappa shape index (κ3) is 2.15. The van der Waals surface area contributed by atoms with Crippen LogP contribution in [0, 0.1) is 0 Å². The molecule has 0 aliphatic carbocycles.